The van der Waals surface area contributed by atoms with Gasteiger partial charge in [0.05, 0.1) is 13.1 Å². The minimum Gasteiger partial charge on any atom is -0.487 e. The van der Waals surface area contributed by atoms with Crippen molar-refractivity contribution in [2.24, 2.45) is 5.92 Å². The van der Waals surface area contributed by atoms with Crippen LogP contribution in [0.3, 0.4) is 0 Å². The van der Waals surface area contributed by atoms with Crippen molar-refractivity contribution in [2.45, 2.75) is 38.7 Å². The average Bonchev–Trinajstić information content (AvgIpc) is 2.71. The summed E-state index contributed by atoms with van der Waals surface area (Å²) < 4.78 is 5.94. The normalized spacial score (nSPS) is 17.5. The number of hydrogen-bond acceptors (Lipinski definition) is 4. The second kappa shape index (κ2) is 9.37. The Morgan fingerprint density at radius 1 is 1.13 bits per heavy atom. The van der Waals surface area contributed by atoms with E-state index in [-0.39, 0.29) is 18.0 Å². The van der Waals surface area contributed by atoms with Crippen molar-refractivity contribution < 1.29 is 14.3 Å². The number of anilines is 1. The molecule has 7 heteroatoms. The summed E-state index contributed by atoms with van der Waals surface area (Å²) in [4.78, 5) is 32.4. The fraction of sp³-hybridized carbons (Fsp3) is 0.458. The summed E-state index contributed by atoms with van der Waals surface area (Å²) in [5, 5.41) is 2.93. The van der Waals surface area contributed by atoms with Crippen LogP contribution in [0.5, 0.6) is 5.75 Å². The molecule has 2 saturated heterocycles. The fourth-order valence-corrected chi connectivity index (χ4v) is 3.77. The number of aromatic nitrogens is 1. The van der Waals surface area contributed by atoms with Gasteiger partial charge < -0.3 is 19.9 Å². The SMILES string of the molecule is CCC(C)CC(=O)N1CC(Oc2ccc(NC(=O)N3CC(c4cccnc4)C3)cc2)C1. The Labute approximate surface area is 183 Å². The van der Waals surface area contributed by atoms with Gasteiger partial charge in [-0.2, -0.15) is 0 Å². The molecule has 0 saturated carbocycles. The van der Waals surface area contributed by atoms with E-state index in [1.54, 1.807) is 11.1 Å². The Hall–Kier alpha value is -3.09. The molecule has 7 nitrogen and oxygen atoms in total. The van der Waals surface area contributed by atoms with Gasteiger partial charge in [0.2, 0.25) is 5.91 Å². The summed E-state index contributed by atoms with van der Waals surface area (Å²) in [5.41, 5.74) is 1.91. The molecule has 0 aliphatic carbocycles. The molecule has 4 rings (SSSR count). The number of benzene rings is 1. The van der Waals surface area contributed by atoms with E-state index >= 15 is 0 Å². The molecule has 1 atom stereocenters. The van der Waals surface area contributed by atoms with Gasteiger partial charge in [-0.15, -0.1) is 0 Å². The monoisotopic (exact) mass is 422 g/mol. The molecule has 2 fully saturated rings. The number of pyridine rings is 1. The van der Waals surface area contributed by atoms with Crippen LogP contribution < -0.4 is 10.1 Å². The number of rotatable bonds is 7. The zero-order valence-corrected chi connectivity index (χ0v) is 18.2. The van der Waals surface area contributed by atoms with Crippen molar-refractivity contribution in [3.05, 3.63) is 54.4 Å². The summed E-state index contributed by atoms with van der Waals surface area (Å²) >= 11 is 0. The molecule has 2 aromatic rings. The predicted molar refractivity (Wildman–Crippen MR) is 119 cm³/mol. The largest absolute Gasteiger partial charge is 0.487 e. The highest BCUT2D eigenvalue weighted by molar-refractivity contribution is 5.90. The topological polar surface area (TPSA) is 74.8 Å². The first-order valence-electron chi connectivity index (χ1n) is 11.0. The van der Waals surface area contributed by atoms with E-state index in [4.69, 9.17) is 4.74 Å². The number of amides is 3. The molecule has 31 heavy (non-hydrogen) atoms. The predicted octanol–water partition coefficient (Wildman–Crippen LogP) is 3.74. The number of urea groups is 1. The molecular weight excluding hydrogens is 392 g/mol. The molecule has 3 amide bonds. The highest BCUT2D eigenvalue weighted by Gasteiger charge is 2.33. The van der Waals surface area contributed by atoms with Crippen LogP contribution in [-0.4, -0.2) is 59.0 Å². The summed E-state index contributed by atoms with van der Waals surface area (Å²) in [7, 11) is 0. The van der Waals surface area contributed by atoms with Crippen LogP contribution in [0, 0.1) is 5.92 Å². The number of nitrogens with one attached hydrogen (secondary N) is 1. The minimum atomic E-state index is -0.0942. The Morgan fingerprint density at radius 3 is 2.52 bits per heavy atom. The van der Waals surface area contributed by atoms with Gasteiger partial charge in [0, 0.05) is 43.5 Å². The Balaban J connectivity index is 1.18. The van der Waals surface area contributed by atoms with Crippen LogP contribution >= 0.6 is 0 Å². The van der Waals surface area contributed by atoms with Gasteiger partial charge in [-0.25, -0.2) is 4.79 Å². The fourth-order valence-electron chi connectivity index (χ4n) is 3.77. The van der Waals surface area contributed by atoms with Gasteiger partial charge in [0.25, 0.3) is 0 Å². The molecular formula is C24H30N4O3. The number of nitrogens with zero attached hydrogens (tertiary/aromatic N) is 3. The molecule has 2 aliphatic rings. The van der Waals surface area contributed by atoms with E-state index in [2.05, 4.69) is 30.2 Å². The Bertz CT molecular complexity index is 891. The first-order valence-corrected chi connectivity index (χ1v) is 11.0. The Morgan fingerprint density at radius 2 is 1.87 bits per heavy atom. The minimum absolute atomic E-state index is 0.0341. The second-order valence-corrected chi connectivity index (χ2v) is 8.60. The third kappa shape index (κ3) is 5.16. The van der Waals surface area contributed by atoms with Crippen molar-refractivity contribution >= 4 is 17.6 Å². The van der Waals surface area contributed by atoms with Crippen molar-refractivity contribution in [3.63, 3.8) is 0 Å². The van der Waals surface area contributed by atoms with E-state index in [1.807, 2.05) is 41.4 Å². The first kappa shape index (κ1) is 21.2. The molecule has 1 aromatic carbocycles. The molecule has 1 N–H and O–H groups in total. The van der Waals surface area contributed by atoms with Gasteiger partial charge in [0.15, 0.2) is 0 Å². The molecule has 0 spiro atoms. The summed E-state index contributed by atoms with van der Waals surface area (Å²) in [6.07, 6.45) is 5.28. The highest BCUT2D eigenvalue weighted by atomic mass is 16.5. The third-order valence-electron chi connectivity index (χ3n) is 6.15. The smallest absolute Gasteiger partial charge is 0.321 e. The standard InChI is InChI=1S/C24H30N4O3/c1-3-17(2)11-23(29)27-15-22(16-27)31-21-8-6-20(7-9-21)26-24(30)28-13-19(14-28)18-5-4-10-25-12-18/h4-10,12,17,19,22H,3,11,13-16H2,1-2H3,(H,26,30). The second-order valence-electron chi connectivity index (χ2n) is 8.60. The van der Waals surface area contributed by atoms with Crippen molar-refractivity contribution in [3.8, 4) is 5.75 Å². The maximum atomic E-state index is 12.4. The Kier molecular flexibility index (Phi) is 6.39. The molecule has 3 heterocycles. The summed E-state index contributed by atoms with van der Waals surface area (Å²) in [6.45, 7) is 6.89. The third-order valence-corrected chi connectivity index (χ3v) is 6.15. The van der Waals surface area contributed by atoms with Gasteiger partial charge in [-0.05, 0) is 41.8 Å². The van der Waals surface area contributed by atoms with Crippen LogP contribution in [-0.2, 0) is 4.79 Å². The lowest BCUT2D eigenvalue weighted by Crippen LogP contribution is -2.56. The molecule has 0 radical (unpaired) electrons. The number of likely N-dealkylation sites (tertiary alicyclic amines) is 2. The van der Waals surface area contributed by atoms with E-state index in [1.165, 1.54) is 5.56 Å². The van der Waals surface area contributed by atoms with Gasteiger partial charge in [-0.1, -0.05) is 26.3 Å². The van der Waals surface area contributed by atoms with Crippen LogP contribution in [0.2, 0.25) is 0 Å². The van der Waals surface area contributed by atoms with Crippen LogP contribution in [0.15, 0.2) is 48.8 Å². The molecule has 1 unspecified atom stereocenters. The van der Waals surface area contributed by atoms with Gasteiger partial charge in [-0.3, -0.25) is 9.78 Å². The lowest BCUT2D eigenvalue weighted by atomic mass is 9.93. The number of carbonyl (C=O) groups is 2. The lowest BCUT2D eigenvalue weighted by Gasteiger charge is -2.39. The lowest BCUT2D eigenvalue weighted by molar-refractivity contribution is -0.140. The maximum Gasteiger partial charge on any atom is 0.321 e. The van der Waals surface area contributed by atoms with E-state index in [0.717, 1.165) is 17.9 Å². The average molecular weight is 423 g/mol. The molecule has 0 bridgehead atoms. The summed E-state index contributed by atoms with van der Waals surface area (Å²) in [6, 6.07) is 11.3. The van der Waals surface area contributed by atoms with Crippen molar-refractivity contribution in [1.82, 2.24) is 14.8 Å². The molecule has 2 aliphatic heterocycles. The van der Waals surface area contributed by atoms with Gasteiger partial charge >= 0.3 is 6.03 Å². The number of carbonyl (C=O) groups excluding carboxylic acids is 2. The zero-order valence-electron chi connectivity index (χ0n) is 18.2. The van der Waals surface area contributed by atoms with Crippen LogP contribution in [0.25, 0.3) is 0 Å². The van der Waals surface area contributed by atoms with Gasteiger partial charge in [0.1, 0.15) is 11.9 Å². The molecule has 1 aromatic heterocycles. The van der Waals surface area contributed by atoms with E-state index < -0.39 is 0 Å². The number of ether oxygens (including phenoxy) is 1. The summed E-state index contributed by atoms with van der Waals surface area (Å²) in [5.74, 6) is 1.74. The van der Waals surface area contributed by atoms with Crippen LogP contribution in [0.4, 0.5) is 10.5 Å². The first-order chi connectivity index (χ1) is 15.0. The maximum absolute atomic E-state index is 12.4. The zero-order chi connectivity index (χ0) is 21.8. The highest BCUT2D eigenvalue weighted by Crippen LogP contribution is 2.27. The van der Waals surface area contributed by atoms with E-state index in [0.29, 0.717) is 44.4 Å². The number of hydrogen-bond donors (Lipinski definition) is 1. The quantitative estimate of drug-likeness (QED) is 0.738. The molecule has 164 valence electrons. The van der Waals surface area contributed by atoms with E-state index in [9.17, 15) is 9.59 Å². The van der Waals surface area contributed by atoms with Crippen molar-refractivity contribution in [2.75, 3.05) is 31.5 Å². The van der Waals surface area contributed by atoms with Crippen molar-refractivity contribution in [1.29, 1.82) is 0 Å². The van der Waals surface area contributed by atoms with Crippen LogP contribution in [0.1, 0.15) is 38.2 Å².